The molecule has 0 aromatic rings. The van der Waals surface area contributed by atoms with Gasteiger partial charge in [0.05, 0.1) is 12.1 Å². The molecule has 0 saturated carbocycles. The molecular weight excluding hydrogens is 192 g/mol. The van der Waals surface area contributed by atoms with Crippen molar-refractivity contribution in [3.8, 4) is 12.1 Å². The molecule has 0 amide bonds. The average Bonchev–Trinajstić information content (AvgIpc) is 2.45. The standard InChI is InChI=1S/C6H3F3N4.Li.H/c7-6(8,9)5-12-3(1-10)4(2-11)13-5;;/h3-4H,(H,12,13);;/q;+1;-1. The van der Waals surface area contributed by atoms with Crippen LogP contribution in [0.5, 0.6) is 0 Å². The first kappa shape index (κ1) is 12.8. The smallest absolute Gasteiger partial charge is 1.00 e. The Balaban J connectivity index is 0. The predicted molar refractivity (Wildman–Crippen MR) is 36.5 cm³/mol. The zero-order valence-electron chi connectivity index (χ0n) is 8.13. The Hall–Kier alpha value is -1.16. The van der Waals surface area contributed by atoms with Gasteiger partial charge < -0.3 is 6.74 Å². The molecule has 1 heterocycles. The number of amidine groups is 1. The van der Waals surface area contributed by atoms with Crippen LogP contribution in [0.15, 0.2) is 4.99 Å². The molecule has 0 aromatic carbocycles. The summed E-state index contributed by atoms with van der Waals surface area (Å²) in [6.07, 6.45) is -4.62. The maximum atomic E-state index is 12.0. The topological polar surface area (TPSA) is 72.0 Å². The molecule has 1 rings (SSSR count). The minimum absolute atomic E-state index is 0. The van der Waals surface area contributed by atoms with Gasteiger partial charge in [0, 0.05) is 0 Å². The van der Waals surface area contributed by atoms with Crippen molar-refractivity contribution in [1.29, 1.82) is 10.5 Å². The van der Waals surface area contributed by atoms with E-state index in [2.05, 4.69) is 4.99 Å². The summed E-state index contributed by atoms with van der Waals surface area (Å²) >= 11 is 0. The molecule has 0 aromatic heterocycles. The van der Waals surface area contributed by atoms with Crippen molar-refractivity contribution in [3.63, 3.8) is 0 Å². The summed E-state index contributed by atoms with van der Waals surface area (Å²) in [5, 5.41) is 18.5. The van der Waals surface area contributed by atoms with Crippen molar-refractivity contribution in [2.45, 2.75) is 18.3 Å². The minimum Gasteiger partial charge on any atom is -1.00 e. The van der Waals surface area contributed by atoms with Gasteiger partial charge in [-0.15, -0.1) is 0 Å². The van der Waals surface area contributed by atoms with Crippen LogP contribution >= 0.6 is 0 Å². The summed E-state index contributed by atoms with van der Waals surface area (Å²) in [5.41, 5.74) is 0. The molecular formula is C6H4F3LiN4. The molecule has 8 heteroatoms. The normalized spacial score (nSPS) is 25.1. The molecule has 1 aliphatic heterocycles. The van der Waals surface area contributed by atoms with E-state index < -0.39 is 24.1 Å². The summed E-state index contributed by atoms with van der Waals surface area (Å²) in [6.45, 7) is 0. The third-order valence-corrected chi connectivity index (χ3v) is 1.42. The van der Waals surface area contributed by atoms with Crippen molar-refractivity contribution < 1.29 is 33.5 Å². The molecule has 0 aliphatic carbocycles. The van der Waals surface area contributed by atoms with Crippen LogP contribution in [0.25, 0.3) is 0 Å². The predicted octanol–water partition coefficient (Wildman–Crippen LogP) is -2.55. The third-order valence-electron chi connectivity index (χ3n) is 1.42. The first-order valence-corrected chi connectivity index (χ1v) is 3.20. The Bertz CT molecular complexity index is 329. The molecule has 1 N–H and O–H groups in total. The Kier molecular flexibility index (Phi) is 4.01. The first-order valence-electron chi connectivity index (χ1n) is 3.20. The van der Waals surface area contributed by atoms with E-state index in [0.29, 0.717) is 0 Å². The molecule has 2 unspecified atom stereocenters. The van der Waals surface area contributed by atoms with Crippen molar-refractivity contribution in [1.82, 2.24) is 5.32 Å². The van der Waals surface area contributed by atoms with Crippen molar-refractivity contribution >= 4 is 5.84 Å². The van der Waals surface area contributed by atoms with E-state index in [1.54, 1.807) is 0 Å². The Morgan fingerprint density at radius 1 is 1.36 bits per heavy atom. The van der Waals surface area contributed by atoms with E-state index in [9.17, 15) is 13.2 Å². The molecule has 4 nitrogen and oxygen atoms in total. The van der Waals surface area contributed by atoms with Crippen molar-refractivity contribution in [2.75, 3.05) is 0 Å². The van der Waals surface area contributed by atoms with E-state index in [1.807, 2.05) is 5.32 Å². The zero-order chi connectivity index (χ0) is 10.1. The number of nitriles is 2. The van der Waals surface area contributed by atoms with Gasteiger partial charge in [0.25, 0.3) is 0 Å². The molecule has 70 valence electrons. The largest absolute Gasteiger partial charge is 1.00 e. The van der Waals surface area contributed by atoms with E-state index in [1.165, 1.54) is 12.1 Å². The molecule has 0 spiro atoms. The first-order chi connectivity index (χ1) is 5.99. The second-order valence-corrected chi connectivity index (χ2v) is 2.30. The molecule has 0 fully saturated rings. The van der Waals surface area contributed by atoms with Crippen LogP contribution in [0.3, 0.4) is 0 Å². The van der Waals surface area contributed by atoms with Crippen molar-refractivity contribution in [3.05, 3.63) is 0 Å². The maximum absolute atomic E-state index is 12.0. The maximum Gasteiger partial charge on any atom is 1.00 e. The number of hydrogen-bond acceptors (Lipinski definition) is 4. The Morgan fingerprint density at radius 2 is 1.93 bits per heavy atom. The fourth-order valence-electron chi connectivity index (χ4n) is 0.838. The van der Waals surface area contributed by atoms with Crippen LogP contribution in [0.1, 0.15) is 1.43 Å². The van der Waals surface area contributed by atoms with Gasteiger partial charge >= 0.3 is 25.0 Å². The van der Waals surface area contributed by atoms with Crippen LogP contribution in [-0.4, -0.2) is 24.1 Å². The summed E-state index contributed by atoms with van der Waals surface area (Å²) in [7, 11) is 0. The molecule has 0 bridgehead atoms. The van der Waals surface area contributed by atoms with E-state index in [-0.39, 0.29) is 20.3 Å². The zero-order valence-corrected chi connectivity index (χ0v) is 7.13. The fourth-order valence-corrected chi connectivity index (χ4v) is 0.838. The summed E-state index contributed by atoms with van der Waals surface area (Å²) < 4.78 is 35.9. The second-order valence-electron chi connectivity index (χ2n) is 2.30. The van der Waals surface area contributed by atoms with Crippen LogP contribution in [0.2, 0.25) is 0 Å². The SMILES string of the molecule is N#CC1N=C(C(F)(F)F)NC1C#N.[H-].[Li+]. The van der Waals surface area contributed by atoms with Gasteiger partial charge in [0.15, 0.2) is 12.1 Å². The summed E-state index contributed by atoms with van der Waals surface area (Å²) in [6, 6.07) is 0.530. The van der Waals surface area contributed by atoms with Gasteiger partial charge in [0.1, 0.15) is 0 Å². The third kappa shape index (κ3) is 2.42. The number of rotatable bonds is 0. The quantitative estimate of drug-likeness (QED) is 0.433. The minimum atomic E-state index is -4.62. The van der Waals surface area contributed by atoms with E-state index in [0.717, 1.165) is 0 Å². The molecule has 14 heavy (non-hydrogen) atoms. The van der Waals surface area contributed by atoms with Gasteiger partial charge in [-0.1, -0.05) is 0 Å². The number of nitrogens with zero attached hydrogens (tertiary/aromatic N) is 3. The van der Waals surface area contributed by atoms with Gasteiger partial charge in [-0.25, -0.2) is 4.99 Å². The number of halogens is 3. The number of aliphatic imine (C=N–C) groups is 1. The van der Waals surface area contributed by atoms with Gasteiger partial charge in [-0.3, -0.25) is 0 Å². The van der Waals surface area contributed by atoms with Crippen LogP contribution in [0.4, 0.5) is 13.2 Å². The number of alkyl halides is 3. The van der Waals surface area contributed by atoms with E-state index >= 15 is 0 Å². The summed E-state index contributed by atoms with van der Waals surface area (Å²) in [5.74, 6) is -1.26. The van der Waals surface area contributed by atoms with E-state index in [4.69, 9.17) is 10.5 Å². The van der Waals surface area contributed by atoms with Crippen LogP contribution in [-0.2, 0) is 0 Å². The van der Waals surface area contributed by atoms with Crippen LogP contribution < -0.4 is 24.2 Å². The fraction of sp³-hybridized carbons (Fsp3) is 0.500. The Labute approximate surface area is 91.1 Å². The van der Waals surface area contributed by atoms with Crippen molar-refractivity contribution in [2.24, 2.45) is 4.99 Å². The van der Waals surface area contributed by atoms with Gasteiger partial charge in [-0.05, 0) is 0 Å². The average molecular weight is 196 g/mol. The molecule has 1 aliphatic rings. The molecule has 0 saturated heterocycles. The number of hydrogen-bond donors (Lipinski definition) is 1. The number of nitrogens with one attached hydrogen (secondary N) is 1. The van der Waals surface area contributed by atoms with Crippen LogP contribution in [0, 0.1) is 22.7 Å². The van der Waals surface area contributed by atoms with Gasteiger partial charge in [-0.2, -0.15) is 23.7 Å². The second kappa shape index (κ2) is 4.37. The molecule has 2 atom stereocenters. The molecule has 0 radical (unpaired) electrons. The monoisotopic (exact) mass is 196 g/mol. The summed E-state index contributed by atoms with van der Waals surface area (Å²) in [4.78, 5) is 3.03. The van der Waals surface area contributed by atoms with Gasteiger partial charge in [0.2, 0.25) is 5.84 Å². The Morgan fingerprint density at radius 3 is 2.21 bits per heavy atom.